The molecule has 2 rings (SSSR count). The molecule has 1 N–H and O–H groups in total. The van der Waals surface area contributed by atoms with Crippen molar-refractivity contribution in [3.05, 3.63) is 46.8 Å². The molecule has 0 radical (unpaired) electrons. The van der Waals surface area contributed by atoms with Crippen molar-refractivity contribution < 1.29 is 13.2 Å². The van der Waals surface area contributed by atoms with Crippen LogP contribution in [-0.2, 0) is 12.7 Å². The fourth-order valence-electron chi connectivity index (χ4n) is 1.84. The maximum Gasteiger partial charge on any atom is 0.417 e. The van der Waals surface area contributed by atoms with E-state index in [0.717, 1.165) is 28.9 Å². The molecule has 1 nitrogen and oxygen atoms in total. The van der Waals surface area contributed by atoms with E-state index in [2.05, 4.69) is 5.32 Å². The lowest BCUT2D eigenvalue weighted by molar-refractivity contribution is -0.139. The lowest BCUT2D eigenvalue weighted by atomic mass is 10.1. The molecule has 0 spiro atoms. The van der Waals surface area contributed by atoms with Gasteiger partial charge in [-0.05, 0) is 42.1 Å². The Morgan fingerprint density at radius 3 is 2.67 bits per heavy atom. The summed E-state index contributed by atoms with van der Waals surface area (Å²) in [7, 11) is 0. The Balaban J connectivity index is 2.23. The minimum atomic E-state index is -4.33. The molecule has 21 heavy (non-hydrogen) atoms. The summed E-state index contributed by atoms with van der Waals surface area (Å²) in [4.78, 5) is 0.254. The van der Waals surface area contributed by atoms with Crippen molar-refractivity contribution >= 4 is 23.1 Å². The molecule has 0 aliphatic heterocycles. The molecule has 0 bridgehead atoms. The number of thiophene rings is 1. The molecule has 0 unspecified atom stereocenters. The zero-order valence-corrected chi connectivity index (χ0v) is 13.2. The SMILES string of the molecule is CCCNCc1ccc(Sc2cccs2)c(C(F)(F)F)c1. The molecule has 114 valence electrons. The van der Waals surface area contributed by atoms with Gasteiger partial charge in [-0.1, -0.05) is 30.8 Å². The third kappa shape index (κ3) is 4.76. The average molecular weight is 331 g/mol. The summed E-state index contributed by atoms with van der Waals surface area (Å²) in [5.41, 5.74) is 0.100. The highest BCUT2D eigenvalue weighted by molar-refractivity contribution is 8.01. The van der Waals surface area contributed by atoms with Gasteiger partial charge in [0.15, 0.2) is 0 Å². The first kappa shape index (κ1) is 16.4. The number of alkyl halides is 3. The maximum absolute atomic E-state index is 13.2. The van der Waals surface area contributed by atoms with E-state index < -0.39 is 11.7 Å². The standard InChI is InChI=1S/C15H16F3NS2/c1-2-7-19-10-11-5-6-13(12(9-11)15(16,17)18)21-14-4-3-8-20-14/h3-6,8-9,19H,2,7,10H2,1H3. The first-order valence-corrected chi connectivity index (χ1v) is 8.32. The molecule has 1 aromatic heterocycles. The largest absolute Gasteiger partial charge is 0.417 e. The van der Waals surface area contributed by atoms with Gasteiger partial charge in [0.2, 0.25) is 0 Å². The van der Waals surface area contributed by atoms with Gasteiger partial charge in [-0.25, -0.2) is 0 Å². The zero-order valence-electron chi connectivity index (χ0n) is 11.5. The van der Waals surface area contributed by atoms with Gasteiger partial charge in [-0.3, -0.25) is 0 Å². The molecule has 0 saturated carbocycles. The van der Waals surface area contributed by atoms with Gasteiger partial charge in [0.25, 0.3) is 0 Å². The van der Waals surface area contributed by atoms with Crippen LogP contribution in [-0.4, -0.2) is 6.54 Å². The van der Waals surface area contributed by atoms with Crippen LogP contribution in [0.3, 0.4) is 0 Å². The van der Waals surface area contributed by atoms with Gasteiger partial charge in [0.05, 0.1) is 9.77 Å². The monoisotopic (exact) mass is 331 g/mol. The van der Waals surface area contributed by atoms with E-state index in [4.69, 9.17) is 0 Å². The number of halogens is 3. The van der Waals surface area contributed by atoms with Gasteiger partial charge in [-0.2, -0.15) is 13.2 Å². The van der Waals surface area contributed by atoms with Crippen LogP contribution in [0.15, 0.2) is 44.8 Å². The fourth-order valence-corrected chi connectivity index (χ4v) is 3.70. The molecular formula is C15H16F3NS2. The third-order valence-corrected chi connectivity index (χ3v) is 4.92. The summed E-state index contributed by atoms with van der Waals surface area (Å²) in [6.07, 6.45) is -3.38. The number of benzene rings is 1. The van der Waals surface area contributed by atoms with Gasteiger partial charge in [-0.15, -0.1) is 11.3 Å². The molecule has 1 heterocycles. The van der Waals surface area contributed by atoms with Crippen molar-refractivity contribution in [1.82, 2.24) is 5.32 Å². The number of hydrogen-bond acceptors (Lipinski definition) is 3. The summed E-state index contributed by atoms with van der Waals surface area (Å²) >= 11 is 2.60. The van der Waals surface area contributed by atoms with Gasteiger partial charge in [0, 0.05) is 11.4 Å². The fraction of sp³-hybridized carbons (Fsp3) is 0.333. The van der Waals surface area contributed by atoms with Crippen LogP contribution in [0.25, 0.3) is 0 Å². The molecular weight excluding hydrogens is 315 g/mol. The zero-order chi connectivity index (χ0) is 15.3. The average Bonchev–Trinajstić information content (AvgIpc) is 2.92. The summed E-state index contributed by atoms with van der Waals surface area (Å²) in [5, 5.41) is 4.98. The van der Waals surface area contributed by atoms with Crippen molar-refractivity contribution in [1.29, 1.82) is 0 Å². The Morgan fingerprint density at radius 2 is 2.05 bits per heavy atom. The highest BCUT2D eigenvalue weighted by Gasteiger charge is 2.34. The molecule has 0 atom stereocenters. The normalized spacial score (nSPS) is 11.8. The van der Waals surface area contributed by atoms with E-state index in [1.807, 2.05) is 24.4 Å². The van der Waals surface area contributed by atoms with Crippen LogP contribution >= 0.6 is 23.1 Å². The predicted octanol–water partition coefficient (Wildman–Crippen LogP) is 5.42. The van der Waals surface area contributed by atoms with E-state index in [1.54, 1.807) is 12.1 Å². The molecule has 6 heteroatoms. The highest BCUT2D eigenvalue weighted by Crippen LogP contribution is 2.41. The molecule has 0 fully saturated rings. The van der Waals surface area contributed by atoms with Crippen LogP contribution in [0.1, 0.15) is 24.5 Å². The summed E-state index contributed by atoms with van der Waals surface area (Å²) in [6.45, 7) is 3.28. The Labute approximate surface area is 130 Å². The second-order valence-corrected chi connectivity index (χ2v) is 6.83. The van der Waals surface area contributed by atoms with E-state index in [0.29, 0.717) is 12.1 Å². The predicted molar refractivity (Wildman–Crippen MR) is 81.9 cm³/mol. The van der Waals surface area contributed by atoms with Crippen LogP contribution in [0, 0.1) is 0 Å². The molecule has 2 aromatic rings. The van der Waals surface area contributed by atoms with Crippen molar-refractivity contribution in [2.45, 2.75) is 35.2 Å². The number of nitrogens with one attached hydrogen (secondary N) is 1. The van der Waals surface area contributed by atoms with Gasteiger partial charge < -0.3 is 5.32 Å². The Morgan fingerprint density at radius 1 is 1.24 bits per heavy atom. The van der Waals surface area contributed by atoms with Crippen molar-refractivity contribution in [2.75, 3.05) is 6.54 Å². The quantitative estimate of drug-likeness (QED) is 0.710. The molecule has 0 saturated heterocycles. The second kappa shape index (κ2) is 7.33. The number of hydrogen-bond donors (Lipinski definition) is 1. The minimum absolute atomic E-state index is 0.254. The van der Waals surface area contributed by atoms with E-state index >= 15 is 0 Å². The Bertz CT molecular complexity index is 565. The number of rotatable bonds is 6. The highest BCUT2D eigenvalue weighted by atomic mass is 32.2. The smallest absolute Gasteiger partial charge is 0.313 e. The lowest BCUT2D eigenvalue weighted by Gasteiger charge is -2.14. The lowest BCUT2D eigenvalue weighted by Crippen LogP contribution is -2.15. The Kier molecular flexibility index (Phi) is 5.72. The van der Waals surface area contributed by atoms with Crippen LogP contribution in [0.5, 0.6) is 0 Å². The van der Waals surface area contributed by atoms with Crippen LogP contribution < -0.4 is 5.32 Å². The summed E-state index contributed by atoms with van der Waals surface area (Å²) in [5.74, 6) is 0. The van der Waals surface area contributed by atoms with E-state index in [-0.39, 0.29) is 4.90 Å². The molecule has 0 aliphatic rings. The maximum atomic E-state index is 13.2. The summed E-state index contributed by atoms with van der Waals surface area (Å²) < 4.78 is 40.5. The van der Waals surface area contributed by atoms with Crippen molar-refractivity contribution in [3.63, 3.8) is 0 Å². The first-order valence-electron chi connectivity index (χ1n) is 6.63. The van der Waals surface area contributed by atoms with Crippen LogP contribution in [0.4, 0.5) is 13.2 Å². The third-order valence-electron chi connectivity index (χ3n) is 2.81. The molecule has 0 amide bonds. The van der Waals surface area contributed by atoms with Crippen molar-refractivity contribution in [2.24, 2.45) is 0 Å². The van der Waals surface area contributed by atoms with E-state index in [1.165, 1.54) is 17.4 Å². The van der Waals surface area contributed by atoms with Crippen molar-refractivity contribution in [3.8, 4) is 0 Å². The summed E-state index contributed by atoms with van der Waals surface area (Å²) in [6, 6.07) is 8.23. The topological polar surface area (TPSA) is 12.0 Å². The minimum Gasteiger partial charge on any atom is -0.313 e. The van der Waals surface area contributed by atoms with E-state index in [9.17, 15) is 13.2 Å². The van der Waals surface area contributed by atoms with Gasteiger partial charge >= 0.3 is 6.18 Å². The Hall–Kier alpha value is -0.980. The van der Waals surface area contributed by atoms with Crippen LogP contribution in [0.2, 0.25) is 0 Å². The second-order valence-electron chi connectivity index (χ2n) is 4.54. The first-order chi connectivity index (χ1) is 10.0. The molecule has 1 aromatic carbocycles. The molecule has 0 aliphatic carbocycles. The van der Waals surface area contributed by atoms with Gasteiger partial charge in [0.1, 0.15) is 0 Å².